The van der Waals surface area contributed by atoms with Gasteiger partial charge in [-0.15, -0.1) is 0 Å². The lowest BCUT2D eigenvalue weighted by molar-refractivity contribution is 0.472. The summed E-state index contributed by atoms with van der Waals surface area (Å²) in [5.41, 5.74) is 0.698. The zero-order valence-electron chi connectivity index (χ0n) is 5.94. The highest BCUT2D eigenvalue weighted by atomic mass is 32.2. The number of rotatable bonds is 1. The van der Waals surface area contributed by atoms with Crippen LogP contribution in [0.5, 0.6) is 5.75 Å². The third kappa shape index (κ3) is 1.78. The van der Waals surface area contributed by atoms with Crippen molar-refractivity contribution in [3.63, 3.8) is 0 Å². The second-order valence-electron chi connectivity index (χ2n) is 2.20. The lowest BCUT2D eigenvalue weighted by Crippen LogP contribution is -1.91. The summed E-state index contributed by atoms with van der Waals surface area (Å²) in [6.45, 7) is 1.71. The minimum atomic E-state index is -2.01. The highest BCUT2D eigenvalue weighted by molar-refractivity contribution is 7.79. The number of phenolic OH excluding ortho intramolecular Hbond substituents is 1. The summed E-state index contributed by atoms with van der Waals surface area (Å²) < 4.78 is 19.3. The zero-order chi connectivity index (χ0) is 8.43. The third-order valence-electron chi connectivity index (χ3n) is 1.36. The van der Waals surface area contributed by atoms with E-state index < -0.39 is 11.1 Å². The molecule has 0 amide bonds. The molecule has 1 atom stereocenters. The molecule has 1 unspecified atom stereocenters. The first-order chi connectivity index (χ1) is 5.11. The minimum Gasteiger partial charge on any atom is -0.508 e. The molecular weight excluding hydrogens is 164 g/mol. The van der Waals surface area contributed by atoms with Crippen LogP contribution in [0.2, 0.25) is 0 Å². The molecule has 1 aromatic rings. The van der Waals surface area contributed by atoms with E-state index in [0.717, 1.165) is 0 Å². The van der Waals surface area contributed by atoms with Crippen LogP contribution >= 0.6 is 0 Å². The SMILES string of the molecule is Cc1ccc(O)cc1S(=O)O. The Bertz CT molecular complexity index is 296. The Morgan fingerprint density at radius 2 is 2.09 bits per heavy atom. The van der Waals surface area contributed by atoms with Crippen LogP contribution in [0.3, 0.4) is 0 Å². The summed E-state index contributed by atoms with van der Waals surface area (Å²) in [5, 5.41) is 8.94. The maximum absolute atomic E-state index is 10.6. The second-order valence-corrected chi connectivity index (χ2v) is 3.14. The molecule has 0 fully saturated rings. The fourth-order valence-electron chi connectivity index (χ4n) is 0.777. The van der Waals surface area contributed by atoms with E-state index in [1.165, 1.54) is 12.1 Å². The Balaban J connectivity index is 3.23. The third-order valence-corrected chi connectivity index (χ3v) is 2.18. The van der Waals surface area contributed by atoms with Crippen molar-refractivity contribution in [3.8, 4) is 5.75 Å². The van der Waals surface area contributed by atoms with E-state index >= 15 is 0 Å². The summed E-state index contributed by atoms with van der Waals surface area (Å²) in [6, 6.07) is 4.36. The van der Waals surface area contributed by atoms with Gasteiger partial charge in [-0.1, -0.05) is 6.07 Å². The maximum atomic E-state index is 10.6. The van der Waals surface area contributed by atoms with Crippen molar-refractivity contribution in [1.29, 1.82) is 0 Å². The number of aryl methyl sites for hydroxylation is 1. The minimum absolute atomic E-state index is 0.00741. The van der Waals surface area contributed by atoms with Crippen molar-refractivity contribution in [2.24, 2.45) is 0 Å². The number of phenols is 1. The molecule has 60 valence electrons. The van der Waals surface area contributed by atoms with Crippen molar-refractivity contribution in [2.75, 3.05) is 0 Å². The predicted octanol–water partition coefficient (Wildman–Crippen LogP) is 1.28. The Hall–Kier alpha value is -0.870. The quantitative estimate of drug-likeness (QED) is 0.627. The molecular formula is C7H8O3S. The van der Waals surface area contributed by atoms with Crippen molar-refractivity contribution in [3.05, 3.63) is 23.8 Å². The molecule has 0 radical (unpaired) electrons. The van der Waals surface area contributed by atoms with Crippen LogP contribution in [0, 0.1) is 6.92 Å². The van der Waals surface area contributed by atoms with Crippen molar-refractivity contribution >= 4 is 11.1 Å². The van der Waals surface area contributed by atoms with E-state index in [-0.39, 0.29) is 10.6 Å². The topological polar surface area (TPSA) is 57.5 Å². The summed E-state index contributed by atoms with van der Waals surface area (Å²) >= 11 is -2.01. The Morgan fingerprint density at radius 3 is 2.55 bits per heavy atom. The molecule has 3 nitrogen and oxygen atoms in total. The molecule has 0 aliphatic carbocycles. The van der Waals surface area contributed by atoms with E-state index in [4.69, 9.17) is 9.66 Å². The summed E-state index contributed by atoms with van der Waals surface area (Å²) in [7, 11) is 0. The van der Waals surface area contributed by atoms with Gasteiger partial charge in [0.15, 0.2) is 11.1 Å². The lowest BCUT2D eigenvalue weighted by atomic mass is 10.2. The van der Waals surface area contributed by atoms with Crippen LogP contribution in [0.1, 0.15) is 5.56 Å². The molecule has 0 aliphatic heterocycles. The van der Waals surface area contributed by atoms with E-state index in [9.17, 15) is 4.21 Å². The average molecular weight is 172 g/mol. The largest absolute Gasteiger partial charge is 0.508 e. The molecule has 4 heteroatoms. The van der Waals surface area contributed by atoms with Gasteiger partial charge in [-0.25, -0.2) is 4.21 Å². The molecule has 0 heterocycles. The normalized spacial score (nSPS) is 12.9. The van der Waals surface area contributed by atoms with Crippen LogP contribution < -0.4 is 0 Å². The fourth-order valence-corrected chi connectivity index (χ4v) is 1.34. The lowest BCUT2D eigenvalue weighted by Gasteiger charge is -1.99. The van der Waals surface area contributed by atoms with Gasteiger partial charge < -0.3 is 9.66 Å². The van der Waals surface area contributed by atoms with Crippen LogP contribution in [0.4, 0.5) is 0 Å². The van der Waals surface area contributed by atoms with Crippen LogP contribution in [-0.4, -0.2) is 13.9 Å². The van der Waals surface area contributed by atoms with Crippen LogP contribution in [0.15, 0.2) is 23.1 Å². The van der Waals surface area contributed by atoms with Gasteiger partial charge in [0.2, 0.25) is 0 Å². The number of aromatic hydroxyl groups is 1. The molecule has 1 rings (SSSR count). The first-order valence-electron chi connectivity index (χ1n) is 3.02. The van der Waals surface area contributed by atoms with Crippen molar-refractivity contribution in [2.45, 2.75) is 11.8 Å². The molecule has 2 N–H and O–H groups in total. The number of benzene rings is 1. The Morgan fingerprint density at radius 1 is 1.45 bits per heavy atom. The smallest absolute Gasteiger partial charge is 0.186 e. The van der Waals surface area contributed by atoms with E-state index in [1.807, 2.05) is 0 Å². The molecule has 11 heavy (non-hydrogen) atoms. The number of hydrogen-bond donors (Lipinski definition) is 2. The molecule has 0 saturated heterocycles. The molecule has 0 aromatic heterocycles. The monoisotopic (exact) mass is 172 g/mol. The Labute approximate surface area is 67.0 Å². The van der Waals surface area contributed by atoms with Gasteiger partial charge in [0.05, 0.1) is 4.90 Å². The first kappa shape index (κ1) is 8.23. The van der Waals surface area contributed by atoms with Gasteiger partial charge >= 0.3 is 0 Å². The molecule has 0 aliphatic rings. The summed E-state index contributed by atoms with van der Waals surface area (Å²) in [4.78, 5) is 0.255. The van der Waals surface area contributed by atoms with Crippen molar-refractivity contribution < 1.29 is 13.9 Å². The van der Waals surface area contributed by atoms with Gasteiger partial charge in [0, 0.05) is 0 Å². The number of hydrogen-bond acceptors (Lipinski definition) is 2. The predicted molar refractivity (Wildman–Crippen MR) is 41.9 cm³/mol. The molecule has 0 spiro atoms. The highest BCUT2D eigenvalue weighted by Crippen LogP contribution is 2.17. The second kappa shape index (κ2) is 3.02. The standard InChI is InChI=1S/C7H8O3S/c1-5-2-3-6(8)4-7(5)11(9)10/h2-4,8H,1H3,(H,9,10). The van der Waals surface area contributed by atoms with Gasteiger partial charge in [-0.2, -0.15) is 0 Å². The highest BCUT2D eigenvalue weighted by Gasteiger charge is 2.04. The zero-order valence-corrected chi connectivity index (χ0v) is 6.76. The summed E-state index contributed by atoms with van der Waals surface area (Å²) in [6.07, 6.45) is 0. The maximum Gasteiger partial charge on any atom is 0.186 e. The molecule has 0 saturated carbocycles. The van der Waals surface area contributed by atoms with Crippen LogP contribution in [0.25, 0.3) is 0 Å². The first-order valence-corrected chi connectivity index (χ1v) is 4.12. The van der Waals surface area contributed by atoms with Gasteiger partial charge in [0.1, 0.15) is 5.75 Å². The van der Waals surface area contributed by atoms with Crippen LogP contribution in [-0.2, 0) is 11.1 Å². The molecule has 1 aromatic carbocycles. The van der Waals surface area contributed by atoms with E-state index in [1.54, 1.807) is 13.0 Å². The van der Waals surface area contributed by atoms with Gasteiger partial charge in [0.25, 0.3) is 0 Å². The Kier molecular flexibility index (Phi) is 2.26. The van der Waals surface area contributed by atoms with E-state index in [2.05, 4.69) is 0 Å². The summed E-state index contributed by atoms with van der Waals surface area (Å²) in [5.74, 6) is 0.00741. The average Bonchev–Trinajstić information content (AvgIpc) is 1.94. The van der Waals surface area contributed by atoms with Gasteiger partial charge in [-0.05, 0) is 24.6 Å². The van der Waals surface area contributed by atoms with E-state index in [0.29, 0.717) is 5.56 Å². The fraction of sp³-hybridized carbons (Fsp3) is 0.143. The molecule has 0 bridgehead atoms. The van der Waals surface area contributed by atoms with Crippen molar-refractivity contribution in [1.82, 2.24) is 0 Å². The van der Waals surface area contributed by atoms with Gasteiger partial charge in [-0.3, -0.25) is 0 Å².